The van der Waals surface area contributed by atoms with Gasteiger partial charge in [-0.05, 0) is 5.56 Å². The Bertz CT molecular complexity index is 412. The van der Waals surface area contributed by atoms with E-state index in [0.29, 0.717) is 6.42 Å². The fourth-order valence-corrected chi connectivity index (χ4v) is 1.86. The van der Waals surface area contributed by atoms with Gasteiger partial charge in [-0.25, -0.2) is 0 Å². The van der Waals surface area contributed by atoms with Crippen molar-refractivity contribution in [2.75, 3.05) is 6.26 Å². The van der Waals surface area contributed by atoms with Gasteiger partial charge in [0.15, 0.2) is 0 Å². The molecule has 1 atom stereocenters. The first-order valence-corrected chi connectivity index (χ1v) is 6.53. The predicted octanol–water partition coefficient (Wildman–Crippen LogP) is 1.45. The van der Waals surface area contributed by atoms with Crippen molar-refractivity contribution in [3.05, 3.63) is 35.9 Å². The molecule has 0 fully saturated rings. The molecule has 0 N–H and O–H groups in total. The standard InChI is InChI=1S/C10H11O3S2/c1-15(11,12)13-10(8-14)7-9-5-3-2-4-6-9/h2-6,10H,7H2,1H3. The average Bonchev–Trinajstić information content (AvgIpc) is 2.16. The second-order valence-corrected chi connectivity index (χ2v) is 4.93. The summed E-state index contributed by atoms with van der Waals surface area (Å²) in [5.41, 5.74) is 0.962. The van der Waals surface area contributed by atoms with Crippen LogP contribution in [0.2, 0.25) is 0 Å². The summed E-state index contributed by atoms with van der Waals surface area (Å²) in [6, 6.07) is 9.39. The van der Waals surface area contributed by atoms with Crippen LogP contribution in [0.5, 0.6) is 0 Å². The highest BCUT2D eigenvalue weighted by Crippen LogP contribution is 2.06. The second-order valence-electron chi connectivity index (χ2n) is 3.10. The van der Waals surface area contributed by atoms with Crippen molar-refractivity contribution in [2.45, 2.75) is 12.5 Å². The zero-order chi connectivity index (χ0) is 11.3. The van der Waals surface area contributed by atoms with Gasteiger partial charge in [0.25, 0.3) is 10.1 Å². The summed E-state index contributed by atoms with van der Waals surface area (Å²) < 4.78 is 26.5. The van der Waals surface area contributed by atoms with E-state index in [2.05, 4.69) is 17.6 Å². The Hall–Kier alpha value is -0.780. The van der Waals surface area contributed by atoms with Gasteiger partial charge in [-0.1, -0.05) is 42.5 Å². The van der Waals surface area contributed by atoms with E-state index in [1.165, 1.54) is 0 Å². The van der Waals surface area contributed by atoms with Crippen LogP contribution in [0.25, 0.3) is 0 Å². The maximum atomic E-state index is 10.9. The van der Waals surface area contributed by atoms with Crippen molar-refractivity contribution in [3.63, 3.8) is 0 Å². The van der Waals surface area contributed by atoms with Gasteiger partial charge >= 0.3 is 0 Å². The van der Waals surface area contributed by atoms with Crippen molar-refractivity contribution in [2.24, 2.45) is 0 Å². The SMILES string of the molecule is CS(=O)(=O)OC([C]=S)Cc1ccccc1. The van der Waals surface area contributed by atoms with Crippen LogP contribution in [0.15, 0.2) is 30.3 Å². The van der Waals surface area contributed by atoms with Gasteiger partial charge in [0.1, 0.15) is 6.10 Å². The van der Waals surface area contributed by atoms with Crippen molar-refractivity contribution in [1.82, 2.24) is 0 Å². The number of benzene rings is 1. The Labute approximate surface area is 95.2 Å². The van der Waals surface area contributed by atoms with Crippen molar-refractivity contribution < 1.29 is 12.6 Å². The molecule has 0 bridgehead atoms. The van der Waals surface area contributed by atoms with Crippen LogP contribution in [-0.2, 0) is 20.7 Å². The summed E-state index contributed by atoms with van der Waals surface area (Å²) in [7, 11) is -3.48. The molecule has 0 amide bonds. The zero-order valence-corrected chi connectivity index (χ0v) is 9.85. The lowest BCUT2D eigenvalue weighted by molar-refractivity contribution is 0.282. The molecular formula is C10H11O3S2. The lowest BCUT2D eigenvalue weighted by atomic mass is 10.1. The van der Waals surface area contributed by atoms with Crippen LogP contribution < -0.4 is 0 Å². The molecule has 0 aromatic heterocycles. The molecule has 81 valence electrons. The van der Waals surface area contributed by atoms with Crippen molar-refractivity contribution in [3.8, 4) is 0 Å². The Balaban J connectivity index is 2.67. The van der Waals surface area contributed by atoms with Crippen LogP contribution in [-0.4, -0.2) is 26.1 Å². The third-order valence-corrected chi connectivity index (χ3v) is 2.53. The largest absolute Gasteiger partial charge is 0.265 e. The van der Waals surface area contributed by atoms with Gasteiger partial charge in [0.05, 0.1) is 11.6 Å². The molecule has 0 aliphatic heterocycles. The molecule has 1 radical (unpaired) electrons. The molecule has 15 heavy (non-hydrogen) atoms. The Kier molecular flexibility index (Phi) is 4.38. The third kappa shape index (κ3) is 5.01. The second kappa shape index (κ2) is 5.34. The first-order chi connectivity index (χ1) is 7.01. The zero-order valence-electron chi connectivity index (χ0n) is 8.21. The highest BCUT2D eigenvalue weighted by atomic mass is 32.2. The van der Waals surface area contributed by atoms with Gasteiger partial charge in [0.2, 0.25) is 0 Å². The smallest absolute Gasteiger partial charge is 0.261 e. The molecule has 1 rings (SSSR count). The minimum Gasteiger partial charge on any atom is -0.261 e. The van der Waals surface area contributed by atoms with Gasteiger partial charge in [-0.2, -0.15) is 8.42 Å². The molecule has 0 aliphatic carbocycles. The normalized spacial score (nSPS) is 13.4. The van der Waals surface area contributed by atoms with E-state index in [1.807, 2.05) is 30.3 Å². The first-order valence-electron chi connectivity index (χ1n) is 4.31. The van der Waals surface area contributed by atoms with Gasteiger partial charge in [0, 0.05) is 6.42 Å². The maximum absolute atomic E-state index is 10.9. The van der Waals surface area contributed by atoms with Crippen molar-refractivity contribution in [1.29, 1.82) is 0 Å². The topological polar surface area (TPSA) is 43.4 Å². The van der Waals surface area contributed by atoms with E-state index in [1.54, 1.807) is 0 Å². The first kappa shape index (κ1) is 12.3. The molecule has 0 spiro atoms. The number of rotatable bonds is 5. The van der Waals surface area contributed by atoms with Crippen LogP contribution >= 0.6 is 12.2 Å². The third-order valence-electron chi connectivity index (χ3n) is 1.69. The molecular weight excluding hydrogens is 232 g/mol. The van der Waals surface area contributed by atoms with Gasteiger partial charge < -0.3 is 0 Å². The van der Waals surface area contributed by atoms with Crippen molar-refractivity contribution >= 4 is 27.7 Å². The molecule has 1 aromatic rings. The molecule has 0 saturated carbocycles. The number of hydrogen-bond acceptors (Lipinski definition) is 4. The summed E-state index contributed by atoms with van der Waals surface area (Å²) in [5, 5.41) is 2.39. The van der Waals surface area contributed by atoms with Gasteiger partial charge in [-0.15, -0.1) is 0 Å². The molecule has 3 nitrogen and oxygen atoms in total. The quantitative estimate of drug-likeness (QED) is 0.580. The number of thiocarbonyl (C=S) groups is 1. The predicted molar refractivity (Wildman–Crippen MR) is 62.5 cm³/mol. The van der Waals surface area contributed by atoms with Crippen LogP contribution in [0.1, 0.15) is 5.56 Å². The van der Waals surface area contributed by atoms with E-state index in [9.17, 15) is 8.42 Å². The van der Waals surface area contributed by atoms with Gasteiger partial charge in [-0.3, -0.25) is 4.18 Å². The van der Waals surface area contributed by atoms with E-state index in [0.717, 1.165) is 11.8 Å². The van der Waals surface area contributed by atoms with Crippen LogP contribution in [0.4, 0.5) is 0 Å². The molecule has 1 aromatic carbocycles. The highest BCUT2D eigenvalue weighted by molar-refractivity contribution is 7.86. The van der Waals surface area contributed by atoms with E-state index in [4.69, 9.17) is 4.18 Å². The van der Waals surface area contributed by atoms with E-state index >= 15 is 0 Å². The summed E-state index contributed by atoms with van der Waals surface area (Å²) >= 11 is 4.60. The Morgan fingerprint density at radius 3 is 2.47 bits per heavy atom. The molecule has 0 heterocycles. The fourth-order valence-electron chi connectivity index (χ4n) is 1.13. The summed E-state index contributed by atoms with van der Waals surface area (Å²) in [6.45, 7) is 0. The summed E-state index contributed by atoms with van der Waals surface area (Å²) in [6.07, 6.45) is 0.715. The van der Waals surface area contributed by atoms with E-state index < -0.39 is 16.2 Å². The lowest BCUT2D eigenvalue weighted by Crippen LogP contribution is -2.20. The average molecular weight is 243 g/mol. The summed E-state index contributed by atoms with van der Waals surface area (Å²) in [5.74, 6) is 0. The molecule has 5 heteroatoms. The Morgan fingerprint density at radius 1 is 1.40 bits per heavy atom. The Morgan fingerprint density at radius 2 is 2.00 bits per heavy atom. The van der Waals surface area contributed by atoms with E-state index in [-0.39, 0.29) is 0 Å². The highest BCUT2D eigenvalue weighted by Gasteiger charge is 2.13. The minimum absolute atomic E-state index is 0.414. The van der Waals surface area contributed by atoms with Crippen LogP contribution in [0, 0.1) is 0 Å². The maximum Gasteiger partial charge on any atom is 0.265 e. The minimum atomic E-state index is -3.48. The lowest BCUT2D eigenvalue weighted by Gasteiger charge is -2.10. The molecule has 0 aliphatic rings. The monoisotopic (exact) mass is 243 g/mol. The molecule has 0 saturated heterocycles. The van der Waals surface area contributed by atoms with Crippen LogP contribution in [0.3, 0.4) is 0 Å². The fraction of sp³-hybridized carbons (Fsp3) is 0.300. The summed E-state index contributed by atoms with van der Waals surface area (Å²) in [4.78, 5) is 0. The molecule has 1 unspecified atom stereocenters. The number of hydrogen-bond donors (Lipinski definition) is 0.